The Labute approximate surface area is 132 Å². The van der Waals surface area contributed by atoms with Crippen molar-refractivity contribution in [2.75, 3.05) is 7.05 Å². The summed E-state index contributed by atoms with van der Waals surface area (Å²) in [5.74, 6) is 0. The number of nitro benzene ring substituents is 1. The van der Waals surface area contributed by atoms with Crippen molar-refractivity contribution < 1.29 is 4.92 Å². The van der Waals surface area contributed by atoms with Crippen LogP contribution < -0.4 is 5.32 Å². The fourth-order valence-corrected chi connectivity index (χ4v) is 3.13. The molecule has 0 amide bonds. The Kier molecular flexibility index (Phi) is 5.09. The number of nitrogens with one attached hydrogen (secondary N) is 1. The number of halogens is 1. The predicted octanol–water partition coefficient (Wildman–Crippen LogP) is 4.17. The lowest BCUT2D eigenvalue weighted by molar-refractivity contribution is -0.385. The average Bonchev–Trinajstić information content (AvgIpc) is 2.45. The van der Waals surface area contributed by atoms with Crippen LogP contribution in [0.5, 0.6) is 0 Å². The van der Waals surface area contributed by atoms with Gasteiger partial charge in [0.25, 0.3) is 5.69 Å². The first kappa shape index (κ1) is 15.7. The summed E-state index contributed by atoms with van der Waals surface area (Å²) in [5, 5.41) is 14.4. The molecule has 0 aliphatic carbocycles. The van der Waals surface area contributed by atoms with Crippen molar-refractivity contribution >= 4 is 21.6 Å². The van der Waals surface area contributed by atoms with Gasteiger partial charge in [-0.3, -0.25) is 10.1 Å². The molecule has 110 valence electrons. The minimum absolute atomic E-state index is 0.0149. The van der Waals surface area contributed by atoms with E-state index in [9.17, 15) is 10.1 Å². The van der Waals surface area contributed by atoms with Crippen LogP contribution in [0.15, 0.2) is 46.9 Å². The van der Waals surface area contributed by atoms with E-state index >= 15 is 0 Å². The van der Waals surface area contributed by atoms with E-state index in [1.54, 1.807) is 12.1 Å². The molecule has 1 unspecified atom stereocenters. The number of nitrogens with zero attached hydrogens (tertiary/aromatic N) is 1. The Bertz CT molecular complexity index is 658. The highest BCUT2D eigenvalue weighted by molar-refractivity contribution is 9.10. The maximum atomic E-state index is 11.1. The zero-order valence-corrected chi connectivity index (χ0v) is 13.6. The SMILES string of the molecule is CNC(Cc1ccccc1[N+](=O)[O-])c1ccc(C)cc1Br. The summed E-state index contributed by atoms with van der Waals surface area (Å²) in [6.45, 7) is 2.03. The predicted molar refractivity (Wildman–Crippen MR) is 87.5 cm³/mol. The van der Waals surface area contributed by atoms with Gasteiger partial charge < -0.3 is 5.32 Å². The lowest BCUT2D eigenvalue weighted by Gasteiger charge is -2.18. The van der Waals surface area contributed by atoms with Crippen molar-refractivity contribution in [2.45, 2.75) is 19.4 Å². The molecule has 0 spiro atoms. The molecule has 5 heteroatoms. The van der Waals surface area contributed by atoms with Crippen molar-refractivity contribution in [1.82, 2.24) is 5.32 Å². The largest absolute Gasteiger partial charge is 0.313 e. The number of rotatable bonds is 5. The minimum Gasteiger partial charge on any atom is -0.313 e. The standard InChI is InChI=1S/C16H17BrN2O2/c1-11-7-8-13(14(17)9-11)15(18-2)10-12-5-3-4-6-16(12)19(20)21/h3-9,15,18H,10H2,1-2H3. The fraction of sp³-hybridized carbons (Fsp3) is 0.250. The fourth-order valence-electron chi connectivity index (χ4n) is 2.36. The van der Waals surface area contributed by atoms with Crippen LogP contribution >= 0.6 is 15.9 Å². The molecular formula is C16H17BrN2O2. The molecule has 2 rings (SSSR count). The van der Waals surface area contributed by atoms with Gasteiger partial charge in [0.05, 0.1) is 4.92 Å². The van der Waals surface area contributed by atoms with Crippen molar-refractivity contribution in [3.8, 4) is 0 Å². The molecule has 0 heterocycles. The van der Waals surface area contributed by atoms with Crippen LogP contribution in [0, 0.1) is 17.0 Å². The third kappa shape index (κ3) is 3.68. The van der Waals surface area contributed by atoms with Crippen LogP contribution in [-0.2, 0) is 6.42 Å². The van der Waals surface area contributed by atoms with Crippen LogP contribution in [0.25, 0.3) is 0 Å². The third-order valence-corrected chi connectivity index (χ3v) is 4.18. The van der Waals surface area contributed by atoms with E-state index in [2.05, 4.69) is 33.4 Å². The smallest absolute Gasteiger partial charge is 0.272 e. The van der Waals surface area contributed by atoms with Crippen LogP contribution in [0.2, 0.25) is 0 Å². The average molecular weight is 349 g/mol. The zero-order chi connectivity index (χ0) is 15.4. The van der Waals surface area contributed by atoms with E-state index in [1.807, 2.05) is 32.2 Å². The lowest BCUT2D eigenvalue weighted by Crippen LogP contribution is -2.19. The van der Waals surface area contributed by atoms with Crippen LogP contribution in [0.1, 0.15) is 22.7 Å². The molecule has 0 saturated carbocycles. The van der Waals surface area contributed by atoms with Crippen molar-refractivity contribution in [1.29, 1.82) is 0 Å². The minimum atomic E-state index is -0.327. The molecule has 0 saturated heterocycles. The summed E-state index contributed by atoms with van der Waals surface area (Å²) in [5.41, 5.74) is 3.17. The van der Waals surface area contributed by atoms with E-state index < -0.39 is 0 Å². The zero-order valence-electron chi connectivity index (χ0n) is 12.0. The normalized spacial score (nSPS) is 12.1. The molecule has 0 aliphatic heterocycles. The first-order chi connectivity index (χ1) is 10.0. The molecule has 0 aliphatic rings. The number of hydrogen-bond donors (Lipinski definition) is 1. The van der Waals surface area contributed by atoms with Crippen LogP contribution in [-0.4, -0.2) is 12.0 Å². The molecular weight excluding hydrogens is 332 g/mol. The first-order valence-electron chi connectivity index (χ1n) is 6.68. The molecule has 0 bridgehead atoms. The Hall–Kier alpha value is -1.72. The van der Waals surface area contributed by atoms with Crippen molar-refractivity contribution in [3.63, 3.8) is 0 Å². The molecule has 1 N–H and O–H groups in total. The monoisotopic (exact) mass is 348 g/mol. The maximum absolute atomic E-state index is 11.1. The quantitative estimate of drug-likeness (QED) is 0.651. The van der Waals surface area contributed by atoms with Gasteiger partial charge in [-0.05, 0) is 37.6 Å². The van der Waals surface area contributed by atoms with Gasteiger partial charge in [0.15, 0.2) is 0 Å². The Balaban J connectivity index is 2.34. The number of hydrogen-bond acceptors (Lipinski definition) is 3. The highest BCUT2D eigenvalue weighted by Gasteiger charge is 2.19. The van der Waals surface area contributed by atoms with E-state index in [1.165, 1.54) is 5.56 Å². The number of para-hydroxylation sites is 1. The summed E-state index contributed by atoms with van der Waals surface area (Å²) in [6, 6.07) is 13.0. The van der Waals surface area contributed by atoms with Gasteiger partial charge in [-0.1, -0.05) is 46.3 Å². The molecule has 1 atom stereocenters. The van der Waals surface area contributed by atoms with Crippen molar-refractivity contribution in [3.05, 3.63) is 73.7 Å². The maximum Gasteiger partial charge on any atom is 0.272 e. The summed E-state index contributed by atoms with van der Waals surface area (Å²) >= 11 is 3.58. The second-order valence-electron chi connectivity index (χ2n) is 4.96. The third-order valence-electron chi connectivity index (χ3n) is 3.49. The lowest BCUT2D eigenvalue weighted by atomic mass is 9.97. The van der Waals surface area contributed by atoms with Gasteiger partial charge in [0.1, 0.15) is 0 Å². The number of aryl methyl sites for hydroxylation is 1. The van der Waals surface area contributed by atoms with Crippen LogP contribution in [0.4, 0.5) is 5.69 Å². The second kappa shape index (κ2) is 6.83. The Morgan fingerprint density at radius 1 is 1.29 bits per heavy atom. The van der Waals surface area contributed by atoms with E-state index in [4.69, 9.17) is 0 Å². The van der Waals surface area contributed by atoms with Gasteiger partial charge in [0, 0.05) is 22.1 Å². The highest BCUT2D eigenvalue weighted by Crippen LogP contribution is 2.29. The van der Waals surface area contributed by atoms with Gasteiger partial charge >= 0.3 is 0 Å². The first-order valence-corrected chi connectivity index (χ1v) is 7.48. The molecule has 2 aromatic carbocycles. The Morgan fingerprint density at radius 2 is 2.00 bits per heavy atom. The summed E-state index contributed by atoms with van der Waals surface area (Å²) in [6.07, 6.45) is 0.565. The van der Waals surface area contributed by atoms with Gasteiger partial charge in [-0.15, -0.1) is 0 Å². The van der Waals surface area contributed by atoms with E-state index in [-0.39, 0.29) is 16.7 Å². The van der Waals surface area contributed by atoms with Gasteiger partial charge in [-0.2, -0.15) is 0 Å². The highest BCUT2D eigenvalue weighted by atomic mass is 79.9. The number of likely N-dealkylation sites (N-methyl/N-ethyl adjacent to an activating group) is 1. The summed E-state index contributed by atoms with van der Waals surface area (Å²) < 4.78 is 1.01. The number of benzene rings is 2. The summed E-state index contributed by atoms with van der Waals surface area (Å²) in [4.78, 5) is 10.8. The topological polar surface area (TPSA) is 55.2 Å². The molecule has 4 nitrogen and oxygen atoms in total. The molecule has 21 heavy (non-hydrogen) atoms. The molecule has 0 radical (unpaired) electrons. The van der Waals surface area contributed by atoms with Gasteiger partial charge in [0.2, 0.25) is 0 Å². The molecule has 2 aromatic rings. The van der Waals surface area contributed by atoms with Crippen LogP contribution in [0.3, 0.4) is 0 Å². The van der Waals surface area contributed by atoms with Gasteiger partial charge in [-0.25, -0.2) is 0 Å². The van der Waals surface area contributed by atoms with Crippen molar-refractivity contribution in [2.24, 2.45) is 0 Å². The van der Waals surface area contributed by atoms with E-state index in [0.717, 1.165) is 15.6 Å². The molecule has 0 fully saturated rings. The summed E-state index contributed by atoms with van der Waals surface area (Å²) in [7, 11) is 1.87. The second-order valence-corrected chi connectivity index (χ2v) is 5.81. The van der Waals surface area contributed by atoms with E-state index in [0.29, 0.717) is 6.42 Å². The number of nitro groups is 1. The Morgan fingerprint density at radius 3 is 2.62 bits per heavy atom. The molecule has 0 aromatic heterocycles.